The first-order chi connectivity index (χ1) is 28.7. The minimum absolute atomic E-state index is 0. The number of aromatic nitrogens is 2. The van der Waals surface area contributed by atoms with Gasteiger partial charge in [0.25, 0.3) is 0 Å². The number of thiazole rings is 2. The molecule has 0 saturated heterocycles. The number of benzene rings is 6. The van der Waals surface area contributed by atoms with Crippen molar-refractivity contribution in [1.29, 1.82) is 0 Å². The van der Waals surface area contributed by atoms with Crippen LogP contribution in [0.25, 0.3) is 0 Å². The fourth-order valence-electron chi connectivity index (χ4n) is 6.24. The molecule has 304 valence electrons. The van der Waals surface area contributed by atoms with Crippen LogP contribution in [0.1, 0.15) is 62.4 Å². The van der Waals surface area contributed by atoms with Crippen molar-refractivity contribution in [3.05, 3.63) is 235 Å². The summed E-state index contributed by atoms with van der Waals surface area (Å²) in [5.41, 5.74) is 11.2. The third-order valence-electron chi connectivity index (χ3n) is 9.04. The number of carbonyl (C=O) groups is 2. The van der Waals surface area contributed by atoms with Gasteiger partial charge in [0.15, 0.2) is 10.3 Å². The molecule has 0 aliphatic carbocycles. The number of amides is 1. The van der Waals surface area contributed by atoms with Crippen molar-refractivity contribution in [3.8, 4) is 0 Å². The molecule has 0 aliphatic heterocycles. The van der Waals surface area contributed by atoms with Crippen molar-refractivity contribution in [2.75, 3.05) is 11.1 Å². The standard InChI is InChI=1S/C24H19ClN2OS.C14H12O2.C10H9ClN2S.CH4/c25-21-14-8-7-13-19(21)15-20-16-26-24(29-20)27-23(28)22(17-9-3-1-4-10-17)18-11-5-2-6-12-18;15-14(16)13(11-7-3-1-4-8-11)12-9-5-2-6-10-12;11-9-4-2-1-3-7(9)5-8-6-13-10(12)14-8;/h1-14,16,22H,15H2,(H,26,27,28);1-10,13H,(H,15,16);1-4,6H,5H2,(H2,12,13);1H4. The molecule has 0 aliphatic rings. The summed E-state index contributed by atoms with van der Waals surface area (Å²) < 4.78 is 0. The zero-order valence-electron chi connectivity index (χ0n) is 31.7. The maximum atomic E-state index is 13.2. The second-order valence-corrected chi connectivity index (χ2v) is 16.2. The number of hydrogen-bond donors (Lipinski definition) is 3. The number of carbonyl (C=O) groups excluding carboxylic acids is 1. The number of nitrogens with zero attached hydrogens (tertiary/aromatic N) is 2. The van der Waals surface area contributed by atoms with Crippen molar-refractivity contribution in [2.45, 2.75) is 32.1 Å². The van der Waals surface area contributed by atoms with E-state index in [1.807, 2.05) is 170 Å². The third-order valence-corrected chi connectivity index (χ3v) is 11.5. The van der Waals surface area contributed by atoms with E-state index in [4.69, 9.17) is 28.9 Å². The van der Waals surface area contributed by atoms with E-state index in [1.165, 1.54) is 22.7 Å². The Bertz CT molecular complexity index is 2460. The minimum Gasteiger partial charge on any atom is -0.481 e. The molecule has 0 atom stereocenters. The summed E-state index contributed by atoms with van der Waals surface area (Å²) in [6, 6.07) is 53.7. The molecule has 0 fully saturated rings. The Morgan fingerprint density at radius 3 is 1.30 bits per heavy atom. The quantitative estimate of drug-likeness (QED) is 0.119. The third kappa shape index (κ3) is 12.9. The van der Waals surface area contributed by atoms with Crippen LogP contribution in [0.3, 0.4) is 0 Å². The lowest BCUT2D eigenvalue weighted by Crippen LogP contribution is -2.22. The molecule has 0 spiro atoms. The molecule has 1 amide bonds. The summed E-state index contributed by atoms with van der Waals surface area (Å²) in [7, 11) is 0. The summed E-state index contributed by atoms with van der Waals surface area (Å²) in [6.07, 6.45) is 5.08. The van der Waals surface area contributed by atoms with Crippen LogP contribution in [-0.2, 0) is 22.4 Å². The summed E-state index contributed by atoms with van der Waals surface area (Å²) >= 11 is 15.3. The van der Waals surface area contributed by atoms with Gasteiger partial charge in [-0.3, -0.25) is 9.59 Å². The van der Waals surface area contributed by atoms with E-state index in [0.717, 1.165) is 59.6 Å². The summed E-state index contributed by atoms with van der Waals surface area (Å²) in [6.45, 7) is 0. The van der Waals surface area contributed by atoms with Crippen molar-refractivity contribution in [1.82, 2.24) is 9.97 Å². The average Bonchev–Trinajstić information content (AvgIpc) is 3.89. The van der Waals surface area contributed by atoms with Gasteiger partial charge in [0.05, 0.1) is 5.92 Å². The lowest BCUT2D eigenvalue weighted by atomic mass is 9.90. The van der Waals surface area contributed by atoms with E-state index in [9.17, 15) is 14.7 Å². The SMILES string of the molecule is C.Nc1ncc(Cc2ccccc2Cl)s1.O=C(Nc1ncc(Cc2ccccc2Cl)s1)C(c1ccccc1)c1ccccc1.O=C(O)C(c1ccccc1)c1ccccc1. The molecular formula is C49H44Cl2N4O3S2. The van der Waals surface area contributed by atoms with Gasteiger partial charge in [0, 0.05) is 45.0 Å². The number of halogens is 2. The number of anilines is 2. The van der Waals surface area contributed by atoms with E-state index in [2.05, 4.69) is 15.3 Å². The summed E-state index contributed by atoms with van der Waals surface area (Å²) in [5.74, 6) is -1.89. The van der Waals surface area contributed by atoms with E-state index >= 15 is 0 Å². The Labute approximate surface area is 369 Å². The fourth-order valence-corrected chi connectivity index (χ4v) is 8.19. The number of aliphatic carboxylic acids is 1. The van der Waals surface area contributed by atoms with Gasteiger partial charge in [0.1, 0.15) is 5.92 Å². The van der Waals surface area contributed by atoms with Crippen LogP contribution in [0.2, 0.25) is 10.0 Å². The van der Waals surface area contributed by atoms with Crippen LogP contribution in [0.5, 0.6) is 0 Å². The van der Waals surface area contributed by atoms with Crippen LogP contribution in [0.15, 0.2) is 182 Å². The van der Waals surface area contributed by atoms with Gasteiger partial charge in [-0.1, -0.05) is 188 Å². The number of rotatable bonds is 11. The maximum Gasteiger partial charge on any atom is 0.315 e. The molecule has 0 bridgehead atoms. The Morgan fingerprint density at radius 2 is 0.917 bits per heavy atom. The second-order valence-electron chi connectivity index (χ2n) is 13.2. The molecule has 8 aromatic rings. The first kappa shape index (κ1) is 45.0. The largest absolute Gasteiger partial charge is 0.481 e. The molecule has 7 nitrogen and oxygen atoms in total. The Kier molecular flexibility index (Phi) is 17.2. The molecule has 2 aromatic heterocycles. The van der Waals surface area contributed by atoms with E-state index < -0.39 is 17.8 Å². The smallest absolute Gasteiger partial charge is 0.315 e. The zero-order chi connectivity index (χ0) is 41.4. The van der Waals surface area contributed by atoms with Gasteiger partial charge in [-0.15, -0.1) is 22.7 Å². The fraction of sp³-hybridized carbons (Fsp3) is 0.102. The number of nitrogen functional groups attached to an aromatic ring is 1. The second kappa shape index (κ2) is 22.9. The molecule has 0 unspecified atom stereocenters. The van der Waals surface area contributed by atoms with Gasteiger partial charge in [-0.05, 0) is 45.5 Å². The van der Waals surface area contributed by atoms with Gasteiger partial charge in [-0.25, -0.2) is 9.97 Å². The molecule has 6 aromatic carbocycles. The van der Waals surface area contributed by atoms with Crippen molar-refractivity contribution >= 4 is 68.0 Å². The molecule has 4 N–H and O–H groups in total. The highest BCUT2D eigenvalue weighted by Crippen LogP contribution is 2.30. The molecule has 11 heteroatoms. The highest BCUT2D eigenvalue weighted by Gasteiger charge is 2.24. The Hall–Kier alpha value is -6.10. The van der Waals surface area contributed by atoms with Gasteiger partial charge in [0.2, 0.25) is 5.91 Å². The molecule has 8 rings (SSSR count). The first-order valence-corrected chi connectivity index (χ1v) is 21.0. The molecule has 2 heterocycles. The number of carboxylic acids is 1. The predicted octanol–water partition coefficient (Wildman–Crippen LogP) is 12.7. The van der Waals surface area contributed by atoms with Crippen LogP contribution >= 0.6 is 45.9 Å². The van der Waals surface area contributed by atoms with E-state index in [-0.39, 0.29) is 13.3 Å². The number of nitrogens with two attached hydrogens (primary N) is 1. The predicted molar refractivity (Wildman–Crippen MR) is 250 cm³/mol. The van der Waals surface area contributed by atoms with Gasteiger partial charge in [-0.2, -0.15) is 0 Å². The van der Waals surface area contributed by atoms with Crippen LogP contribution in [-0.4, -0.2) is 27.0 Å². The summed E-state index contributed by atoms with van der Waals surface area (Å²) in [4.78, 5) is 35.0. The molecule has 60 heavy (non-hydrogen) atoms. The number of carboxylic acid groups (broad SMARTS) is 1. The number of hydrogen-bond acceptors (Lipinski definition) is 7. The van der Waals surface area contributed by atoms with Crippen molar-refractivity contribution in [2.24, 2.45) is 0 Å². The molecule has 0 saturated carbocycles. The summed E-state index contributed by atoms with van der Waals surface area (Å²) in [5, 5.41) is 15.0. The highest BCUT2D eigenvalue weighted by molar-refractivity contribution is 7.15. The highest BCUT2D eigenvalue weighted by atomic mass is 35.5. The minimum atomic E-state index is -0.822. The van der Waals surface area contributed by atoms with Gasteiger partial charge < -0.3 is 16.2 Å². The van der Waals surface area contributed by atoms with E-state index in [0.29, 0.717) is 16.7 Å². The topological polar surface area (TPSA) is 118 Å². The first-order valence-electron chi connectivity index (χ1n) is 18.6. The lowest BCUT2D eigenvalue weighted by Gasteiger charge is -2.17. The van der Waals surface area contributed by atoms with Crippen LogP contribution < -0.4 is 11.1 Å². The van der Waals surface area contributed by atoms with E-state index in [1.54, 1.807) is 12.4 Å². The molecule has 0 radical (unpaired) electrons. The van der Waals surface area contributed by atoms with Crippen LogP contribution in [0.4, 0.5) is 10.3 Å². The monoisotopic (exact) mass is 870 g/mol. The van der Waals surface area contributed by atoms with Crippen LogP contribution in [0, 0.1) is 0 Å². The average molecular weight is 872 g/mol. The lowest BCUT2D eigenvalue weighted by molar-refractivity contribution is -0.137. The Balaban J connectivity index is 0.000000186. The zero-order valence-corrected chi connectivity index (χ0v) is 34.8. The van der Waals surface area contributed by atoms with Crippen molar-refractivity contribution in [3.63, 3.8) is 0 Å². The molecular weight excluding hydrogens is 828 g/mol. The maximum absolute atomic E-state index is 13.2. The number of nitrogens with one attached hydrogen (secondary N) is 1. The Morgan fingerprint density at radius 1 is 0.550 bits per heavy atom. The van der Waals surface area contributed by atoms with Crippen molar-refractivity contribution < 1.29 is 14.7 Å². The van der Waals surface area contributed by atoms with Gasteiger partial charge >= 0.3 is 5.97 Å². The normalized spacial score (nSPS) is 10.4.